The number of nitrogens with zero attached hydrogens (tertiary/aromatic N) is 1. The van der Waals surface area contributed by atoms with Gasteiger partial charge in [0.1, 0.15) is 10.7 Å². The molecule has 0 aromatic carbocycles. The second kappa shape index (κ2) is 7.35. The molecule has 5 heteroatoms. The SMILES string of the molecule is CCCCCCNC(=O)c1csc(CN)n1. The van der Waals surface area contributed by atoms with Crippen LogP contribution in [0, 0.1) is 0 Å². The third-order valence-corrected chi connectivity index (χ3v) is 3.15. The van der Waals surface area contributed by atoms with Gasteiger partial charge in [-0.05, 0) is 6.42 Å². The minimum Gasteiger partial charge on any atom is -0.351 e. The van der Waals surface area contributed by atoms with Gasteiger partial charge in [-0.2, -0.15) is 0 Å². The van der Waals surface area contributed by atoms with Crippen molar-refractivity contribution in [3.8, 4) is 0 Å². The number of amides is 1. The van der Waals surface area contributed by atoms with Crippen molar-refractivity contribution in [1.29, 1.82) is 0 Å². The summed E-state index contributed by atoms with van der Waals surface area (Å²) in [5.74, 6) is -0.0903. The molecule has 1 heterocycles. The predicted molar refractivity (Wildman–Crippen MR) is 66.5 cm³/mol. The average Bonchev–Trinajstić information content (AvgIpc) is 2.77. The normalized spacial score (nSPS) is 10.4. The quantitative estimate of drug-likeness (QED) is 0.717. The van der Waals surface area contributed by atoms with Gasteiger partial charge >= 0.3 is 0 Å². The highest BCUT2D eigenvalue weighted by Gasteiger charge is 2.08. The van der Waals surface area contributed by atoms with Gasteiger partial charge in [-0.25, -0.2) is 4.98 Å². The molecule has 3 N–H and O–H groups in total. The molecule has 0 bridgehead atoms. The summed E-state index contributed by atoms with van der Waals surface area (Å²) in [5.41, 5.74) is 5.92. The summed E-state index contributed by atoms with van der Waals surface area (Å²) in [5, 5.41) is 5.42. The monoisotopic (exact) mass is 241 g/mol. The van der Waals surface area contributed by atoms with Crippen molar-refractivity contribution in [2.75, 3.05) is 6.54 Å². The van der Waals surface area contributed by atoms with E-state index in [2.05, 4.69) is 17.2 Å². The molecule has 0 spiro atoms. The Morgan fingerprint density at radius 2 is 2.31 bits per heavy atom. The van der Waals surface area contributed by atoms with Crippen LogP contribution in [0.1, 0.15) is 48.1 Å². The smallest absolute Gasteiger partial charge is 0.270 e. The Morgan fingerprint density at radius 1 is 1.50 bits per heavy atom. The number of unbranched alkanes of at least 4 members (excludes halogenated alkanes) is 3. The van der Waals surface area contributed by atoms with E-state index in [1.54, 1.807) is 5.38 Å². The lowest BCUT2D eigenvalue weighted by Crippen LogP contribution is -2.24. The number of rotatable bonds is 7. The van der Waals surface area contributed by atoms with Crippen molar-refractivity contribution in [2.45, 2.75) is 39.2 Å². The van der Waals surface area contributed by atoms with E-state index in [0.29, 0.717) is 12.2 Å². The Hall–Kier alpha value is -0.940. The van der Waals surface area contributed by atoms with Crippen molar-refractivity contribution in [2.24, 2.45) is 5.73 Å². The number of hydrogen-bond acceptors (Lipinski definition) is 4. The fourth-order valence-electron chi connectivity index (χ4n) is 1.35. The molecule has 0 aliphatic carbocycles. The Balaban J connectivity index is 2.24. The average molecular weight is 241 g/mol. The van der Waals surface area contributed by atoms with Crippen molar-refractivity contribution in [3.05, 3.63) is 16.1 Å². The molecular formula is C11H19N3OS. The number of carbonyl (C=O) groups excluding carboxylic acids is 1. The molecular weight excluding hydrogens is 222 g/mol. The number of aromatic nitrogens is 1. The molecule has 4 nitrogen and oxygen atoms in total. The van der Waals surface area contributed by atoms with Crippen LogP contribution in [-0.2, 0) is 6.54 Å². The summed E-state index contributed by atoms with van der Waals surface area (Å²) in [6.45, 7) is 3.30. The van der Waals surface area contributed by atoms with Crippen LogP contribution in [0.15, 0.2) is 5.38 Å². The van der Waals surface area contributed by atoms with Gasteiger partial charge in [0.05, 0.1) is 0 Å². The van der Waals surface area contributed by atoms with Crippen LogP contribution < -0.4 is 11.1 Å². The maximum absolute atomic E-state index is 11.6. The first-order chi connectivity index (χ1) is 7.77. The summed E-state index contributed by atoms with van der Waals surface area (Å²) >= 11 is 1.43. The second-order valence-corrected chi connectivity index (χ2v) is 4.59. The fourth-order valence-corrected chi connectivity index (χ4v) is 2.01. The molecule has 0 atom stereocenters. The van der Waals surface area contributed by atoms with Crippen LogP contribution in [0.2, 0.25) is 0 Å². The zero-order valence-corrected chi connectivity index (χ0v) is 10.5. The van der Waals surface area contributed by atoms with Crippen LogP contribution in [0.4, 0.5) is 0 Å². The molecule has 0 radical (unpaired) electrons. The third kappa shape index (κ3) is 4.28. The zero-order chi connectivity index (χ0) is 11.8. The van der Waals surface area contributed by atoms with E-state index >= 15 is 0 Å². The first-order valence-electron chi connectivity index (χ1n) is 5.70. The van der Waals surface area contributed by atoms with Gasteiger partial charge in [0.2, 0.25) is 0 Å². The Labute approximate surface area is 100 Å². The standard InChI is InChI=1S/C11H19N3OS/c1-2-3-4-5-6-13-11(15)9-8-16-10(7-12)14-9/h8H,2-7,12H2,1H3,(H,13,15). The minimum atomic E-state index is -0.0903. The van der Waals surface area contributed by atoms with Crippen LogP contribution in [0.25, 0.3) is 0 Å². The molecule has 1 amide bonds. The van der Waals surface area contributed by atoms with E-state index in [-0.39, 0.29) is 5.91 Å². The molecule has 0 saturated carbocycles. The van der Waals surface area contributed by atoms with Crippen LogP contribution in [0.3, 0.4) is 0 Å². The number of nitrogens with two attached hydrogens (primary N) is 1. The third-order valence-electron chi connectivity index (χ3n) is 2.27. The van der Waals surface area contributed by atoms with E-state index < -0.39 is 0 Å². The lowest BCUT2D eigenvalue weighted by Gasteiger charge is -2.02. The number of thiazole rings is 1. The van der Waals surface area contributed by atoms with Gasteiger partial charge < -0.3 is 11.1 Å². The van der Waals surface area contributed by atoms with Crippen LogP contribution in [0.5, 0.6) is 0 Å². The van der Waals surface area contributed by atoms with Gasteiger partial charge in [0, 0.05) is 18.5 Å². The molecule has 1 aromatic heterocycles. The molecule has 0 unspecified atom stereocenters. The van der Waals surface area contributed by atoms with E-state index in [9.17, 15) is 4.79 Å². The topological polar surface area (TPSA) is 68.0 Å². The molecule has 0 saturated heterocycles. The number of nitrogens with one attached hydrogen (secondary N) is 1. The molecule has 0 aliphatic rings. The van der Waals surface area contributed by atoms with E-state index in [0.717, 1.165) is 18.0 Å². The highest BCUT2D eigenvalue weighted by Crippen LogP contribution is 2.08. The van der Waals surface area contributed by atoms with Crippen molar-refractivity contribution in [3.63, 3.8) is 0 Å². The molecule has 90 valence electrons. The summed E-state index contributed by atoms with van der Waals surface area (Å²) in [6.07, 6.45) is 4.64. The van der Waals surface area contributed by atoms with Gasteiger partial charge in [0.25, 0.3) is 5.91 Å². The van der Waals surface area contributed by atoms with Gasteiger partial charge in [-0.15, -0.1) is 11.3 Å². The summed E-state index contributed by atoms with van der Waals surface area (Å²) < 4.78 is 0. The lowest BCUT2D eigenvalue weighted by atomic mass is 10.2. The van der Waals surface area contributed by atoms with Crippen LogP contribution >= 0.6 is 11.3 Å². The van der Waals surface area contributed by atoms with Crippen molar-refractivity contribution in [1.82, 2.24) is 10.3 Å². The van der Waals surface area contributed by atoms with Gasteiger partial charge in [0.15, 0.2) is 0 Å². The van der Waals surface area contributed by atoms with Crippen LogP contribution in [-0.4, -0.2) is 17.4 Å². The Morgan fingerprint density at radius 3 is 2.94 bits per heavy atom. The number of carbonyl (C=O) groups is 1. The minimum absolute atomic E-state index is 0.0903. The molecule has 1 rings (SSSR count). The maximum Gasteiger partial charge on any atom is 0.270 e. The van der Waals surface area contributed by atoms with E-state index in [1.165, 1.54) is 30.6 Å². The van der Waals surface area contributed by atoms with E-state index in [1.807, 2.05) is 0 Å². The summed E-state index contributed by atoms with van der Waals surface area (Å²) in [4.78, 5) is 15.7. The Kier molecular flexibility index (Phi) is 6.03. The first-order valence-corrected chi connectivity index (χ1v) is 6.58. The highest BCUT2D eigenvalue weighted by molar-refractivity contribution is 7.09. The molecule has 0 fully saturated rings. The zero-order valence-electron chi connectivity index (χ0n) is 9.66. The maximum atomic E-state index is 11.6. The predicted octanol–water partition coefficient (Wildman–Crippen LogP) is 1.91. The van der Waals surface area contributed by atoms with Crippen molar-refractivity contribution >= 4 is 17.2 Å². The van der Waals surface area contributed by atoms with Gasteiger partial charge in [-0.3, -0.25) is 4.79 Å². The Bertz CT molecular complexity index is 325. The number of hydrogen-bond donors (Lipinski definition) is 2. The largest absolute Gasteiger partial charge is 0.351 e. The first kappa shape index (κ1) is 13.1. The van der Waals surface area contributed by atoms with Crippen molar-refractivity contribution < 1.29 is 4.79 Å². The fraction of sp³-hybridized carbons (Fsp3) is 0.636. The summed E-state index contributed by atoms with van der Waals surface area (Å²) in [6, 6.07) is 0. The second-order valence-electron chi connectivity index (χ2n) is 3.65. The molecule has 16 heavy (non-hydrogen) atoms. The molecule has 1 aromatic rings. The summed E-state index contributed by atoms with van der Waals surface area (Å²) in [7, 11) is 0. The van der Waals surface area contributed by atoms with Gasteiger partial charge in [-0.1, -0.05) is 26.2 Å². The van der Waals surface area contributed by atoms with E-state index in [4.69, 9.17) is 5.73 Å². The lowest BCUT2D eigenvalue weighted by molar-refractivity contribution is 0.0948. The molecule has 0 aliphatic heterocycles. The highest BCUT2D eigenvalue weighted by atomic mass is 32.1.